The average molecular weight is 182 g/mol. The largest absolute Gasteiger partial charge is 0.355 e. The van der Waals surface area contributed by atoms with Gasteiger partial charge in [0.25, 0.3) is 0 Å². The highest BCUT2D eigenvalue weighted by atomic mass is 15.3. The summed E-state index contributed by atoms with van der Waals surface area (Å²) >= 11 is 0. The summed E-state index contributed by atoms with van der Waals surface area (Å²) in [5.41, 5.74) is 3.53. The molecule has 1 aromatic heterocycles. The van der Waals surface area contributed by atoms with E-state index in [1.807, 2.05) is 0 Å². The van der Waals surface area contributed by atoms with Gasteiger partial charge in [-0.15, -0.1) is 0 Å². The van der Waals surface area contributed by atoms with Gasteiger partial charge in [0.05, 0.1) is 6.33 Å². The molecule has 6 nitrogen and oxygen atoms in total. The number of aliphatic imine (C=N–C) groups is 1. The monoisotopic (exact) mass is 182 g/mol. The Morgan fingerprint density at radius 2 is 2.62 bits per heavy atom. The van der Waals surface area contributed by atoms with Crippen molar-refractivity contribution in [1.29, 1.82) is 0 Å². The molecule has 0 radical (unpaired) electrons. The standard InChI is InChI=1S/C7H14N6/c1-9-7(13-8)11-3-2-6-4-10-5-12-6/h4-5H,2-3,8H2,1H3,(H,10,12)(H2,9,11,13). The Hall–Kier alpha value is -1.56. The lowest BCUT2D eigenvalue weighted by Crippen LogP contribution is -2.42. The predicted molar refractivity (Wildman–Crippen MR) is 51.0 cm³/mol. The van der Waals surface area contributed by atoms with Crippen LogP contribution in [-0.2, 0) is 6.42 Å². The van der Waals surface area contributed by atoms with Crippen molar-refractivity contribution in [1.82, 2.24) is 20.7 Å². The molecule has 1 aromatic rings. The van der Waals surface area contributed by atoms with E-state index in [2.05, 4.69) is 25.7 Å². The molecule has 0 saturated carbocycles. The van der Waals surface area contributed by atoms with Gasteiger partial charge in [0.15, 0.2) is 0 Å². The average Bonchev–Trinajstić information content (AvgIpc) is 2.65. The number of rotatable bonds is 3. The predicted octanol–water partition coefficient (Wildman–Crippen LogP) is -1.01. The Labute approximate surface area is 76.6 Å². The highest BCUT2D eigenvalue weighted by molar-refractivity contribution is 5.78. The van der Waals surface area contributed by atoms with Gasteiger partial charge in [0.1, 0.15) is 0 Å². The molecule has 0 amide bonds. The fourth-order valence-corrected chi connectivity index (χ4v) is 0.932. The highest BCUT2D eigenvalue weighted by Gasteiger charge is 1.95. The number of nitrogens with one attached hydrogen (secondary N) is 3. The van der Waals surface area contributed by atoms with Gasteiger partial charge in [-0.1, -0.05) is 0 Å². The van der Waals surface area contributed by atoms with Crippen LogP contribution >= 0.6 is 0 Å². The van der Waals surface area contributed by atoms with Gasteiger partial charge in [0.2, 0.25) is 5.96 Å². The number of hydrogen-bond acceptors (Lipinski definition) is 3. The number of aromatic amines is 1. The molecule has 0 aliphatic carbocycles. The van der Waals surface area contributed by atoms with Crippen molar-refractivity contribution in [2.45, 2.75) is 6.42 Å². The quantitative estimate of drug-likeness (QED) is 0.209. The zero-order valence-corrected chi connectivity index (χ0v) is 7.54. The van der Waals surface area contributed by atoms with Crippen LogP contribution in [-0.4, -0.2) is 29.5 Å². The van der Waals surface area contributed by atoms with E-state index in [-0.39, 0.29) is 0 Å². The van der Waals surface area contributed by atoms with Gasteiger partial charge < -0.3 is 10.3 Å². The van der Waals surface area contributed by atoms with E-state index < -0.39 is 0 Å². The number of guanidine groups is 1. The van der Waals surface area contributed by atoms with E-state index in [0.717, 1.165) is 18.7 Å². The summed E-state index contributed by atoms with van der Waals surface area (Å²) in [6, 6.07) is 0. The first-order valence-corrected chi connectivity index (χ1v) is 4.01. The molecule has 0 bridgehead atoms. The van der Waals surface area contributed by atoms with Gasteiger partial charge in [-0.2, -0.15) is 0 Å². The van der Waals surface area contributed by atoms with Crippen LogP contribution < -0.4 is 16.6 Å². The maximum Gasteiger partial charge on any atom is 0.205 e. The number of aromatic nitrogens is 2. The lowest BCUT2D eigenvalue weighted by Gasteiger charge is -2.06. The molecular formula is C7H14N6. The summed E-state index contributed by atoms with van der Waals surface area (Å²) in [4.78, 5) is 10.8. The molecule has 13 heavy (non-hydrogen) atoms. The summed E-state index contributed by atoms with van der Waals surface area (Å²) in [5.74, 6) is 5.76. The van der Waals surface area contributed by atoms with E-state index in [9.17, 15) is 0 Å². The van der Waals surface area contributed by atoms with Gasteiger partial charge in [-0.3, -0.25) is 10.4 Å². The van der Waals surface area contributed by atoms with Crippen LogP contribution in [0.15, 0.2) is 17.5 Å². The van der Waals surface area contributed by atoms with Crippen molar-refractivity contribution < 1.29 is 0 Å². The second-order valence-corrected chi connectivity index (χ2v) is 2.47. The first kappa shape index (κ1) is 9.53. The Balaban J connectivity index is 2.21. The number of hydrazine groups is 1. The van der Waals surface area contributed by atoms with Crippen LogP contribution in [0.4, 0.5) is 0 Å². The number of nitrogens with two attached hydrogens (primary N) is 1. The first-order chi connectivity index (χ1) is 6.36. The van der Waals surface area contributed by atoms with Crippen LogP contribution in [0.5, 0.6) is 0 Å². The van der Waals surface area contributed by atoms with Crippen molar-refractivity contribution in [3.63, 3.8) is 0 Å². The number of nitrogens with zero attached hydrogens (tertiary/aromatic N) is 2. The summed E-state index contributed by atoms with van der Waals surface area (Å²) < 4.78 is 0. The first-order valence-electron chi connectivity index (χ1n) is 4.01. The van der Waals surface area contributed by atoms with Gasteiger partial charge in [-0.25, -0.2) is 10.8 Å². The molecule has 5 N–H and O–H groups in total. The summed E-state index contributed by atoms with van der Waals surface area (Å²) in [6.07, 6.45) is 4.31. The minimum atomic E-state index is 0.583. The highest BCUT2D eigenvalue weighted by Crippen LogP contribution is 1.89. The van der Waals surface area contributed by atoms with Crippen molar-refractivity contribution in [3.05, 3.63) is 18.2 Å². The minimum Gasteiger partial charge on any atom is -0.355 e. The molecule has 0 unspecified atom stereocenters. The van der Waals surface area contributed by atoms with Crippen LogP contribution in [0.3, 0.4) is 0 Å². The Morgan fingerprint density at radius 1 is 1.77 bits per heavy atom. The fourth-order valence-electron chi connectivity index (χ4n) is 0.932. The summed E-state index contributed by atoms with van der Waals surface area (Å²) in [6.45, 7) is 0.763. The fraction of sp³-hybridized carbons (Fsp3) is 0.429. The second kappa shape index (κ2) is 5.15. The third-order valence-electron chi connectivity index (χ3n) is 1.60. The van der Waals surface area contributed by atoms with Gasteiger partial charge >= 0.3 is 0 Å². The second-order valence-electron chi connectivity index (χ2n) is 2.47. The molecule has 0 atom stereocenters. The molecule has 1 heterocycles. The van der Waals surface area contributed by atoms with Crippen molar-refractivity contribution in [3.8, 4) is 0 Å². The third-order valence-corrected chi connectivity index (χ3v) is 1.60. The van der Waals surface area contributed by atoms with Crippen LogP contribution in [0, 0.1) is 0 Å². The third kappa shape index (κ3) is 3.12. The van der Waals surface area contributed by atoms with E-state index >= 15 is 0 Å². The number of imidazole rings is 1. The number of hydrogen-bond donors (Lipinski definition) is 4. The molecule has 72 valence electrons. The van der Waals surface area contributed by atoms with Crippen LogP contribution in [0.1, 0.15) is 5.69 Å². The SMILES string of the molecule is CN=C(NN)NCCc1cnc[nH]1. The van der Waals surface area contributed by atoms with E-state index in [0.29, 0.717) is 5.96 Å². The molecular weight excluding hydrogens is 168 g/mol. The maximum atomic E-state index is 5.18. The van der Waals surface area contributed by atoms with Gasteiger partial charge in [0, 0.05) is 31.9 Å². The summed E-state index contributed by atoms with van der Waals surface area (Å²) in [5, 5.41) is 3.02. The topological polar surface area (TPSA) is 91.1 Å². The van der Waals surface area contributed by atoms with Crippen LogP contribution in [0.25, 0.3) is 0 Å². The Bertz CT molecular complexity index is 252. The van der Waals surface area contributed by atoms with Crippen molar-refractivity contribution >= 4 is 5.96 Å². The molecule has 0 aromatic carbocycles. The summed E-state index contributed by atoms with van der Waals surface area (Å²) in [7, 11) is 1.67. The smallest absolute Gasteiger partial charge is 0.205 e. The normalized spacial score (nSPS) is 11.4. The van der Waals surface area contributed by atoms with Crippen LogP contribution in [0.2, 0.25) is 0 Å². The van der Waals surface area contributed by atoms with E-state index in [1.165, 1.54) is 0 Å². The van der Waals surface area contributed by atoms with Crippen molar-refractivity contribution in [2.24, 2.45) is 10.8 Å². The number of H-pyrrole nitrogens is 1. The maximum absolute atomic E-state index is 5.18. The molecule has 6 heteroatoms. The molecule has 0 saturated heterocycles. The van der Waals surface area contributed by atoms with Gasteiger partial charge in [-0.05, 0) is 0 Å². The minimum absolute atomic E-state index is 0.583. The molecule has 0 spiro atoms. The lowest BCUT2D eigenvalue weighted by molar-refractivity contribution is 0.805. The molecule has 0 aliphatic rings. The lowest BCUT2D eigenvalue weighted by atomic mass is 10.3. The van der Waals surface area contributed by atoms with E-state index in [1.54, 1.807) is 19.6 Å². The zero-order valence-electron chi connectivity index (χ0n) is 7.54. The van der Waals surface area contributed by atoms with E-state index in [4.69, 9.17) is 5.84 Å². The Morgan fingerprint density at radius 3 is 3.15 bits per heavy atom. The molecule has 0 aliphatic heterocycles. The molecule has 0 fully saturated rings. The molecule has 1 rings (SSSR count). The van der Waals surface area contributed by atoms with Crippen molar-refractivity contribution in [2.75, 3.05) is 13.6 Å². The Kier molecular flexibility index (Phi) is 3.77. The zero-order chi connectivity index (χ0) is 9.52.